The molecule has 2 saturated heterocycles. The van der Waals surface area contributed by atoms with Gasteiger partial charge in [-0.2, -0.15) is 0 Å². The van der Waals surface area contributed by atoms with Crippen LogP contribution >= 0.6 is 24.0 Å². The topological polar surface area (TPSA) is 35.6 Å². The summed E-state index contributed by atoms with van der Waals surface area (Å²) in [5, 5.41) is 3.86. The molecule has 0 aromatic heterocycles. The third-order valence-corrected chi connectivity index (χ3v) is 5.45. The molecule has 2 heterocycles. The van der Waals surface area contributed by atoms with Crippen LogP contribution < -0.4 is 5.32 Å². The summed E-state index contributed by atoms with van der Waals surface area (Å²) in [7, 11) is 0. The lowest BCUT2D eigenvalue weighted by Crippen LogP contribution is -2.51. The van der Waals surface area contributed by atoms with Crippen molar-refractivity contribution >= 4 is 29.9 Å². The molecule has 4 nitrogen and oxygen atoms in total. The molecule has 1 aromatic carbocycles. The lowest BCUT2D eigenvalue weighted by atomic mass is 9.92. The van der Waals surface area contributed by atoms with Gasteiger partial charge in [-0.15, -0.1) is 12.4 Å². The minimum Gasteiger partial charge on any atom is -0.340 e. The molecule has 0 saturated carbocycles. The van der Waals surface area contributed by atoms with Crippen molar-refractivity contribution in [3.63, 3.8) is 0 Å². The van der Waals surface area contributed by atoms with Gasteiger partial charge in [0.05, 0.1) is 0 Å². The first-order valence-corrected chi connectivity index (χ1v) is 9.10. The minimum atomic E-state index is -0.260. The van der Waals surface area contributed by atoms with E-state index in [4.69, 9.17) is 11.6 Å². The van der Waals surface area contributed by atoms with Crippen molar-refractivity contribution < 1.29 is 9.18 Å². The van der Waals surface area contributed by atoms with Gasteiger partial charge in [0.1, 0.15) is 5.82 Å². The molecule has 1 aromatic rings. The van der Waals surface area contributed by atoms with E-state index < -0.39 is 0 Å². The van der Waals surface area contributed by atoms with Crippen LogP contribution in [0, 0.1) is 11.7 Å². The second-order valence-corrected chi connectivity index (χ2v) is 7.29. The van der Waals surface area contributed by atoms with Crippen LogP contribution in [-0.2, 0) is 11.3 Å². The van der Waals surface area contributed by atoms with Crippen molar-refractivity contribution in [2.45, 2.75) is 32.4 Å². The van der Waals surface area contributed by atoms with Gasteiger partial charge in [-0.25, -0.2) is 4.39 Å². The molecule has 2 fully saturated rings. The van der Waals surface area contributed by atoms with Crippen LogP contribution in [0.25, 0.3) is 0 Å². The van der Waals surface area contributed by atoms with Crippen LogP contribution in [0.1, 0.15) is 25.3 Å². The highest BCUT2D eigenvalue weighted by Gasteiger charge is 2.30. The summed E-state index contributed by atoms with van der Waals surface area (Å²) in [6, 6.07) is 5.20. The summed E-state index contributed by atoms with van der Waals surface area (Å²) in [4.78, 5) is 16.8. The zero-order chi connectivity index (χ0) is 17.1. The quantitative estimate of drug-likeness (QED) is 0.862. The van der Waals surface area contributed by atoms with E-state index in [0.717, 1.165) is 32.5 Å². The number of piperazine rings is 1. The van der Waals surface area contributed by atoms with Crippen molar-refractivity contribution in [1.82, 2.24) is 15.1 Å². The summed E-state index contributed by atoms with van der Waals surface area (Å²) in [6.45, 7) is 6.50. The third kappa shape index (κ3) is 5.07. The van der Waals surface area contributed by atoms with Gasteiger partial charge in [0.15, 0.2) is 0 Å². The van der Waals surface area contributed by atoms with Gasteiger partial charge in [0.25, 0.3) is 0 Å². The lowest BCUT2D eigenvalue weighted by Gasteiger charge is -2.38. The first-order chi connectivity index (χ1) is 11.5. The SMILES string of the molecule is C[C@H]1C[C@@H](C(=O)N2CCN(Cc3c(F)cccc3Cl)CC2)CCN1.Cl. The summed E-state index contributed by atoms with van der Waals surface area (Å²) >= 11 is 6.11. The number of halogens is 3. The van der Waals surface area contributed by atoms with Crippen molar-refractivity contribution in [1.29, 1.82) is 0 Å². The van der Waals surface area contributed by atoms with E-state index in [1.54, 1.807) is 12.1 Å². The Labute approximate surface area is 160 Å². The highest BCUT2D eigenvalue weighted by molar-refractivity contribution is 6.31. The first-order valence-electron chi connectivity index (χ1n) is 8.72. The molecule has 3 rings (SSSR count). The third-order valence-electron chi connectivity index (χ3n) is 5.10. The van der Waals surface area contributed by atoms with Crippen LogP contribution in [0.3, 0.4) is 0 Å². The maximum absolute atomic E-state index is 13.9. The highest BCUT2D eigenvalue weighted by atomic mass is 35.5. The molecule has 7 heteroatoms. The number of carbonyl (C=O) groups is 1. The predicted molar refractivity (Wildman–Crippen MR) is 101 cm³/mol. The van der Waals surface area contributed by atoms with Crippen LogP contribution in [0.4, 0.5) is 4.39 Å². The van der Waals surface area contributed by atoms with E-state index >= 15 is 0 Å². The fourth-order valence-corrected chi connectivity index (χ4v) is 3.87. The molecule has 140 valence electrons. The molecule has 0 bridgehead atoms. The summed E-state index contributed by atoms with van der Waals surface area (Å²) in [6.07, 6.45) is 1.85. The summed E-state index contributed by atoms with van der Waals surface area (Å²) < 4.78 is 13.9. The van der Waals surface area contributed by atoms with E-state index in [0.29, 0.717) is 36.3 Å². The van der Waals surface area contributed by atoms with Crippen LogP contribution in [0.15, 0.2) is 18.2 Å². The summed E-state index contributed by atoms with van der Waals surface area (Å²) in [5.41, 5.74) is 0.547. The van der Waals surface area contributed by atoms with Gasteiger partial charge in [0.2, 0.25) is 5.91 Å². The van der Waals surface area contributed by atoms with E-state index in [9.17, 15) is 9.18 Å². The van der Waals surface area contributed by atoms with Gasteiger partial charge in [-0.3, -0.25) is 9.69 Å². The van der Waals surface area contributed by atoms with Crippen LogP contribution in [0.5, 0.6) is 0 Å². The number of hydrogen-bond acceptors (Lipinski definition) is 3. The molecule has 2 aliphatic heterocycles. The fourth-order valence-electron chi connectivity index (χ4n) is 3.65. The standard InChI is InChI=1S/C18H25ClFN3O.ClH/c1-13-11-14(5-6-21-13)18(24)23-9-7-22(8-10-23)12-15-16(19)3-2-4-17(15)20;/h2-4,13-14,21H,5-12H2,1H3;1H/t13-,14-;/m0./s1. The Kier molecular flexibility index (Phi) is 7.50. The molecule has 1 amide bonds. The molecule has 0 radical (unpaired) electrons. The van der Waals surface area contributed by atoms with Gasteiger partial charge in [-0.1, -0.05) is 17.7 Å². The number of nitrogens with zero attached hydrogens (tertiary/aromatic N) is 2. The van der Waals surface area contributed by atoms with Gasteiger partial charge < -0.3 is 10.2 Å². The molecule has 0 aliphatic carbocycles. The Bertz CT molecular complexity index is 573. The van der Waals surface area contributed by atoms with Crippen molar-refractivity contribution in [3.05, 3.63) is 34.6 Å². The minimum absolute atomic E-state index is 0. The van der Waals surface area contributed by atoms with Crippen molar-refractivity contribution in [2.75, 3.05) is 32.7 Å². The molecule has 2 atom stereocenters. The largest absolute Gasteiger partial charge is 0.340 e. The van der Waals surface area contributed by atoms with E-state index in [2.05, 4.69) is 17.1 Å². The Morgan fingerprint density at radius 1 is 1.32 bits per heavy atom. The average Bonchev–Trinajstić information content (AvgIpc) is 2.58. The monoisotopic (exact) mass is 389 g/mol. The smallest absolute Gasteiger partial charge is 0.225 e. The van der Waals surface area contributed by atoms with Gasteiger partial charge >= 0.3 is 0 Å². The maximum atomic E-state index is 13.9. The highest BCUT2D eigenvalue weighted by Crippen LogP contribution is 2.23. The molecule has 2 aliphatic rings. The average molecular weight is 390 g/mol. The number of carbonyl (C=O) groups excluding carboxylic acids is 1. The van der Waals surface area contributed by atoms with Crippen LogP contribution in [0.2, 0.25) is 5.02 Å². The number of hydrogen-bond donors (Lipinski definition) is 1. The Morgan fingerprint density at radius 2 is 2.04 bits per heavy atom. The molecular formula is C18H26Cl2FN3O. The fraction of sp³-hybridized carbons (Fsp3) is 0.611. The predicted octanol–water partition coefficient (Wildman–Crippen LogP) is 2.93. The summed E-state index contributed by atoms with van der Waals surface area (Å²) in [5.74, 6) is 0.172. The number of nitrogens with one attached hydrogen (secondary N) is 1. The number of rotatable bonds is 3. The van der Waals surface area contributed by atoms with Crippen LogP contribution in [-0.4, -0.2) is 54.5 Å². The first kappa shape index (κ1) is 20.4. The second kappa shape index (κ2) is 9.17. The Balaban J connectivity index is 0.00000225. The number of piperidine rings is 1. The Hall–Kier alpha value is -0.880. The molecule has 25 heavy (non-hydrogen) atoms. The molecular weight excluding hydrogens is 364 g/mol. The second-order valence-electron chi connectivity index (χ2n) is 6.88. The molecule has 0 unspecified atom stereocenters. The maximum Gasteiger partial charge on any atom is 0.225 e. The zero-order valence-corrected chi connectivity index (χ0v) is 16.1. The van der Waals surface area contributed by atoms with Gasteiger partial charge in [0, 0.05) is 55.3 Å². The van der Waals surface area contributed by atoms with E-state index in [1.165, 1.54) is 6.07 Å². The van der Waals surface area contributed by atoms with E-state index in [-0.39, 0.29) is 30.0 Å². The van der Waals surface area contributed by atoms with Crippen molar-refractivity contribution in [2.24, 2.45) is 5.92 Å². The van der Waals surface area contributed by atoms with Gasteiger partial charge in [-0.05, 0) is 38.4 Å². The Morgan fingerprint density at radius 3 is 2.68 bits per heavy atom. The normalized spacial score (nSPS) is 24.7. The number of amides is 1. The van der Waals surface area contributed by atoms with Crippen molar-refractivity contribution in [3.8, 4) is 0 Å². The number of benzene rings is 1. The molecule has 0 spiro atoms. The lowest BCUT2D eigenvalue weighted by molar-refractivity contribution is -0.138. The zero-order valence-electron chi connectivity index (χ0n) is 14.5. The van der Waals surface area contributed by atoms with E-state index in [1.807, 2.05) is 4.90 Å². The molecule has 1 N–H and O–H groups in total.